The molecule has 0 saturated carbocycles. The summed E-state index contributed by atoms with van der Waals surface area (Å²) in [6.45, 7) is 5.98. The summed E-state index contributed by atoms with van der Waals surface area (Å²) in [7, 11) is 1.88. The van der Waals surface area contributed by atoms with Crippen LogP contribution in [0.25, 0.3) is 6.08 Å². The molecule has 100 valence electrons. The van der Waals surface area contributed by atoms with Crippen LogP contribution >= 0.6 is 0 Å². The molecule has 0 N–H and O–H groups in total. The molecular weight excluding hydrogens is 240 g/mol. The molecule has 0 bridgehead atoms. The first-order chi connectivity index (χ1) is 8.97. The summed E-state index contributed by atoms with van der Waals surface area (Å²) in [5.41, 5.74) is 1.95. The van der Waals surface area contributed by atoms with Gasteiger partial charge in [0.25, 0.3) is 0 Å². The molecular formula is C15H18N2O2. The minimum Gasteiger partial charge on any atom is -0.458 e. The van der Waals surface area contributed by atoms with Crippen molar-refractivity contribution in [3.05, 3.63) is 47.2 Å². The van der Waals surface area contributed by atoms with Crippen molar-refractivity contribution in [1.29, 1.82) is 0 Å². The van der Waals surface area contributed by atoms with Crippen LogP contribution in [0.5, 0.6) is 0 Å². The van der Waals surface area contributed by atoms with E-state index < -0.39 is 0 Å². The molecule has 0 spiro atoms. The second kappa shape index (κ2) is 5.26. The Balaban J connectivity index is 2.21. The molecule has 4 nitrogen and oxygen atoms in total. The van der Waals surface area contributed by atoms with Gasteiger partial charge in [-0.15, -0.1) is 0 Å². The molecule has 0 saturated heterocycles. The van der Waals surface area contributed by atoms with Crippen LogP contribution in [0.2, 0.25) is 0 Å². The molecule has 2 aromatic heterocycles. The maximum atomic E-state index is 11.9. The van der Waals surface area contributed by atoms with Gasteiger partial charge >= 0.3 is 0 Å². The second-order valence-electron chi connectivity index (χ2n) is 4.91. The molecule has 0 aliphatic carbocycles. The van der Waals surface area contributed by atoms with Crippen LogP contribution < -0.4 is 0 Å². The number of carbonyl (C=O) groups excluding carboxylic acids is 1. The van der Waals surface area contributed by atoms with Crippen LogP contribution in [-0.2, 0) is 7.05 Å². The number of rotatable bonds is 4. The smallest absolute Gasteiger partial charge is 0.221 e. The maximum Gasteiger partial charge on any atom is 0.221 e. The molecule has 0 fully saturated rings. The predicted octanol–water partition coefficient (Wildman–Crippen LogP) is 3.34. The minimum absolute atomic E-state index is 0.133. The Hall–Kier alpha value is -2.10. The van der Waals surface area contributed by atoms with E-state index in [1.54, 1.807) is 22.9 Å². The van der Waals surface area contributed by atoms with Crippen molar-refractivity contribution in [1.82, 2.24) is 9.78 Å². The lowest BCUT2D eigenvalue weighted by molar-refractivity contribution is 0.102. The minimum atomic E-state index is -0.133. The molecule has 2 heterocycles. The lowest BCUT2D eigenvalue weighted by Gasteiger charge is -2.00. The Labute approximate surface area is 112 Å². The third-order valence-corrected chi connectivity index (χ3v) is 2.83. The van der Waals surface area contributed by atoms with E-state index in [0.717, 1.165) is 17.0 Å². The summed E-state index contributed by atoms with van der Waals surface area (Å²) in [6.07, 6.45) is 5.23. The first-order valence-corrected chi connectivity index (χ1v) is 6.29. The third-order valence-electron chi connectivity index (χ3n) is 2.83. The van der Waals surface area contributed by atoms with Gasteiger partial charge in [0.2, 0.25) is 5.78 Å². The van der Waals surface area contributed by atoms with Gasteiger partial charge < -0.3 is 4.42 Å². The SMILES string of the molecule is Cc1ccc(C(=O)/C=C\c2cn(C)nc2C(C)C)o1. The van der Waals surface area contributed by atoms with Gasteiger partial charge in [-0.2, -0.15) is 5.10 Å². The van der Waals surface area contributed by atoms with Crippen LogP contribution in [0.4, 0.5) is 0 Å². The van der Waals surface area contributed by atoms with E-state index in [1.165, 1.54) is 6.08 Å². The molecule has 0 radical (unpaired) electrons. The average Bonchev–Trinajstić information content (AvgIpc) is 2.92. The average molecular weight is 258 g/mol. The summed E-state index contributed by atoms with van der Waals surface area (Å²) < 4.78 is 7.06. The molecule has 4 heteroatoms. The van der Waals surface area contributed by atoms with Gasteiger partial charge in [-0.1, -0.05) is 13.8 Å². The lowest BCUT2D eigenvalue weighted by atomic mass is 10.1. The zero-order chi connectivity index (χ0) is 14.0. The fraction of sp³-hybridized carbons (Fsp3) is 0.333. The highest BCUT2D eigenvalue weighted by molar-refractivity contribution is 6.04. The molecule has 2 rings (SSSR count). The van der Waals surface area contributed by atoms with Crippen molar-refractivity contribution < 1.29 is 9.21 Å². The highest BCUT2D eigenvalue weighted by Gasteiger charge is 2.10. The molecule has 0 unspecified atom stereocenters. The number of aryl methyl sites for hydroxylation is 2. The fourth-order valence-electron chi connectivity index (χ4n) is 1.92. The summed E-state index contributed by atoms with van der Waals surface area (Å²) >= 11 is 0. The number of nitrogens with zero attached hydrogens (tertiary/aromatic N) is 2. The number of furan rings is 1. The molecule has 19 heavy (non-hydrogen) atoms. The molecule has 2 aromatic rings. The van der Waals surface area contributed by atoms with E-state index in [4.69, 9.17) is 4.42 Å². The zero-order valence-corrected chi connectivity index (χ0v) is 11.7. The highest BCUT2D eigenvalue weighted by atomic mass is 16.3. The van der Waals surface area contributed by atoms with Crippen LogP contribution in [0.3, 0.4) is 0 Å². The van der Waals surface area contributed by atoms with E-state index >= 15 is 0 Å². The van der Waals surface area contributed by atoms with E-state index in [-0.39, 0.29) is 5.78 Å². The highest BCUT2D eigenvalue weighted by Crippen LogP contribution is 2.19. The van der Waals surface area contributed by atoms with Crippen molar-refractivity contribution in [3.8, 4) is 0 Å². The molecule has 0 aromatic carbocycles. The largest absolute Gasteiger partial charge is 0.458 e. The molecule has 0 amide bonds. The van der Waals surface area contributed by atoms with Gasteiger partial charge in [-0.05, 0) is 37.1 Å². The molecule has 0 atom stereocenters. The van der Waals surface area contributed by atoms with E-state index in [9.17, 15) is 4.79 Å². The van der Waals surface area contributed by atoms with Crippen LogP contribution in [0.15, 0.2) is 28.8 Å². The van der Waals surface area contributed by atoms with E-state index in [1.807, 2.05) is 20.2 Å². The Morgan fingerprint density at radius 1 is 1.42 bits per heavy atom. The number of aromatic nitrogens is 2. The first kappa shape index (κ1) is 13.3. The van der Waals surface area contributed by atoms with Crippen molar-refractivity contribution >= 4 is 11.9 Å². The van der Waals surface area contributed by atoms with Gasteiger partial charge in [0, 0.05) is 18.8 Å². The van der Waals surface area contributed by atoms with Crippen molar-refractivity contribution in [2.75, 3.05) is 0 Å². The number of hydrogen-bond acceptors (Lipinski definition) is 3. The van der Waals surface area contributed by atoms with Crippen molar-refractivity contribution in [2.24, 2.45) is 7.05 Å². The normalized spacial score (nSPS) is 11.6. The quantitative estimate of drug-likeness (QED) is 0.624. The van der Waals surface area contributed by atoms with Crippen molar-refractivity contribution in [2.45, 2.75) is 26.7 Å². The summed E-state index contributed by atoms with van der Waals surface area (Å²) in [6, 6.07) is 3.47. The van der Waals surface area contributed by atoms with Gasteiger partial charge in [0.1, 0.15) is 5.76 Å². The Bertz CT molecular complexity index is 618. The van der Waals surface area contributed by atoms with Crippen LogP contribution in [0.1, 0.15) is 47.3 Å². The van der Waals surface area contributed by atoms with E-state index in [2.05, 4.69) is 18.9 Å². The van der Waals surface area contributed by atoms with Gasteiger partial charge in [-0.25, -0.2) is 0 Å². The zero-order valence-electron chi connectivity index (χ0n) is 11.7. The summed E-state index contributed by atoms with van der Waals surface area (Å²) in [5, 5.41) is 4.40. The maximum absolute atomic E-state index is 11.9. The monoisotopic (exact) mass is 258 g/mol. The number of allylic oxidation sites excluding steroid dienone is 1. The van der Waals surface area contributed by atoms with Crippen molar-refractivity contribution in [3.63, 3.8) is 0 Å². The Kier molecular flexibility index (Phi) is 3.69. The molecule has 0 aliphatic heterocycles. The Morgan fingerprint density at radius 3 is 2.74 bits per heavy atom. The number of ketones is 1. The van der Waals surface area contributed by atoms with Gasteiger partial charge in [0.15, 0.2) is 5.76 Å². The lowest BCUT2D eigenvalue weighted by Crippen LogP contribution is -1.94. The topological polar surface area (TPSA) is 48.0 Å². The standard InChI is InChI=1S/C15H18N2O2/c1-10(2)15-12(9-17(4)16-15)6-7-13(18)14-8-5-11(3)19-14/h5-10H,1-4H3/b7-6-. The molecule has 0 aliphatic rings. The van der Waals surface area contributed by atoms with Crippen LogP contribution in [0, 0.1) is 6.92 Å². The van der Waals surface area contributed by atoms with Crippen LogP contribution in [-0.4, -0.2) is 15.6 Å². The number of carbonyl (C=O) groups is 1. The van der Waals surface area contributed by atoms with E-state index in [0.29, 0.717) is 11.7 Å². The second-order valence-corrected chi connectivity index (χ2v) is 4.91. The number of hydrogen-bond donors (Lipinski definition) is 0. The summed E-state index contributed by atoms with van der Waals surface area (Å²) in [5.74, 6) is 1.29. The predicted molar refractivity (Wildman–Crippen MR) is 74.1 cm³/mol. The summed E-state index contributed by atoms with van der Waals surface area (Å²) in [4.78, 5) is 11.9. The third kappa shape index (κ3) is 3.02. The fourth-order valence-corrected chi connectivity index (χ4v) is 1.92. The van der Waals surface area contributed by atoms with Gasteiger partial charge in [0.05, 0.1) is 5.69 Å². The first-order valence-electron chi connectivity index (χ1n) is 6.29. The Morgan fingerprint density at radius 2 is 2.16 bits per heavy atom. The van der Waals surface area contributed by atoms with Gasteiger partial charge in [-0.3, -0.25) is 9.48 Å².